The monoisotopic (exact) mass is 425 g/mol. The van der Waals surface area contributed by atoms with Gasteiger partial charge in [-0.05, 0) is 25.1 Å². The highest BCUT2D eigenvalue weighted by Gasteiger charge is 2.20. The van der Waals surface area contributed by atoms with Gasteiger partial charge < -0.3 is 15.8 Å². The van der Waals surface area contributed by atoms with Crippen molar-refractivity contribution in [2.75, 3.05) is 5.75 Å². The number of carbonyl (C=O) groups excluding carboxylic acids is 2. The molecule has 1 atom stereocenters. The van der Waals surface area contributed by atoms with Crippen molar-refractivity contribution < 1.29 is 28.0 Å². The fourth-order valence-electron chi connectivity index (χ4n) is 2.48. The Morgan fingerprint density at radius 1 is 1.28 bits per heavy atom. The molecule has 0 spiro atoms. The molecule has 0 aliphatic heterocycles. The molecule has 11 heteroatoms. The molecule has 0 saturated heterocycles. The highest BCUT2D eigenvalue weighted by atomic mass is 32.2. The Bertz CT molecular complexity index is 926. The van der Waals surface area contributed by atoms with Crippen molar-refractivity contribution in [3.63, 3.8) is 0 Å². The third-order valence-electron chi connectivity index (χ3n) is 3.78. The molecular formula is C18H17F2N3O5S. The summed E-state index contributed by atoms with van der Waals surface area (Å²) in [7, 11) is 0. The molecule has 8 nitrogen and oxygen atoms in total. The predicted molar refractivity (Wildman–Crippen MR) is 102 cm³/mol. The Kier molecular flexibility index (Phi) is 7.48. The zero-order chi connectivity index (χ0) is 21.6. The second kappa shape index (κ2) is 9.82. The van der Waals surface area contributed by atoms with E-state index in [0.717, 1.165) is 17.8 Å². The number of alkyl halides is 2. The number of halogens is 2. The van der Waals surface area contributed by atoms with Gasteiger partial charge in [0.15, 0.2) is 0 Å². The summed E-state index contributed by atoms with van der Waals surface area (Å²) in [5.41, 5.74) is 5.12. The first-order chi connectivity index (χ1) is 13.7. The highest BCUT2D eigenvalue weighted by molar-refractivity contribution is 8.00. The van der Waals surface area contributed by atoms with Crippen molar-refractivity contribution in [3.05, 3.63) is 63.7 Å². The van der Waals surface area contributed by atoms with Gasteiger partial charge in [-0.15, -0.1) is 11.8 Å². The van der Waals surface area contributed by atoms with Gasteiger partial charge in [0.25, 0.3) is 5.69 Å². The number of nitrogens with one attached hydrogen (secondary N) is 1. The zero-order valence-corrected chi connectivity index (χ0v) is 15.9. The van der Waals surface area contributed by atoms with Crippen LogP contribution in [0.1, 0.15) is 28.9 Å². The van der Waals surface area contributed by atoms with Gasteiger partial charge in [0.05, 0.1) is 21.6 Å². The van der Waals surface area contributed by atoms with Crippen molar-refractivity contribution in [2.24, 2.45) is 5.73 Å². The van der Waals surface area contributed by atoms with Crippen LogP contribution < -0.4 is 15.8 Å². The molecule has 2 aromatic carbocycles. The summed E-state index contributed by atoms with van der Waals surface area (Å²) in [6.07, 6.45) is 0. The van der Waals surface area contributed by atoms with Crippen LogP contribution in [0.25, 0.3) is 0 Å². The summed E-state index contributed by atoms with van der Waals surface area (Å²) in [5.74, 6) is -1.50. The number of carbonyl (C=O) groups is 2. The molecule has 0 radical (unpaired) electrons. The second-order valence-electron chi connectivity index (χ2n) is 5.80. The van der Waals surface area contributed by atoms with Crippen molar-refractivity contribution >= 4 is 29.3 Å². The number of para-hydroxylation sites is 1. The molecule has 0 aliphatic carbocycles. The lowest BCUT2D eigenvalue weighted by atomic mass is 10.1. The molecule has 29 heavy (non-hydrogen) atoms. The number of rotatable bonds is 9. The number of nitro benzene ring substituents is 1. The van der Waals surface area contributed by atoms with Crippen LogP contribution >= 0.6 is 11.8 Å². The van der Waals surface area contributed by atoms with Crippen LogP contribution in [0.4, 0.5) is 14.5 Å². The number of hydrogen-bond acceptors (Lipinski definition) is 6. The smallest absolute Gasteiger partial charge is 0.387 e. The van der Waals surface area contributed by atoms with Gasteiger partial charge in [0, 0.05) is 17.2 Å². The molecule has 0 bridgehead atoms. The first kappa shape index (κ1) is 22.1. The van der Waals surface area contributed by atoms with Gasteiger partial charge in [0.1, 0.15) is 5.75 Å². The largest absolute Gasteiger partial charge is 0.434 e. The number of ether oxygens (including phenoxy) is 1. The van der Waals surface area contributed by atoms with E-state index in [-0.39, 0.29) is 27.6 Å². The molecule has 2 amide bonds. The second-order valence-corrected chi connectivity index (χ2v) is 6.82. The third-order valence-corrected chi connectivity index (χ3v) is 4.84. The van der Waals surface area contributed by atoms with Crippen LogP contribution in [-0.2, 0) is 4.79 Å². The highest BCUT2D eigenvalue weighted by Crippen LogP contribution is 2.30. The molecule has 2 rings (SSSR count). The van der Waals surface area contributed by atoms with Gasteiger partial charge in [0.2, 0.25) is 11.8 Å². The van der Waals surface area contributed by atoms with Crippen molar-refractivity contribution in [2.45, 2.75) is 24.5 Å². The van der Waals surface area contributed by atoms with Crippen LogP contribution in [0.3, 0.4) is 0 Å². The van der Waals surface area contributed by atoms with E-state index in [0.29, 0.717) is 5.56 Å². The summed E-state index contributed by atoms with van der Waals surface area (Å²) in [6, 6.07) is 9.14. The van der Waals surface area contributed by atoms with Crippen LogP contribution in [-0.4, -0.2) is 29.1 Å². The van der Waals surface area contributed by atoms with Gasteiger partial charge in [-0.25, -0.2) is 0 Å². The summed E-state index contributed by atoms with van der Waals surface area (Å²) >= 11 is 0.899. The van der Waals surface area contributed by atoms with E-state index in [2.05, 4.69) is 10.1 Å². The third kappa shape index (κ3) is 6.14. The predicted octanol–water partition coefficient (Wildman–Crippen LogP) is 3.26. The van der Waals surface area contributed by atoms with Crippen molar-refractivity contribution in [1.29, 1.82) is 0 Å². The van der Waals surface area contributed by atoms with Crippen molar-refractivity contribution in [3.8, 4) is 5.75 Å². The maximum Gasteiger partial charge on any atom is 0.387 e. The lowest BCUT2D eigenvalue weighted by Gasteiger charge is -2.18. The fourth-order valence-corrected chi connectivity index (χ4v) is 3.30. The van der Waals surface area contributed by atoms with Gasteiger partial charge >= 0.3 is 6.61 Å². The first-order valence-corrected chi connectivity index (χ1v) is 9.21. The average molecular weight is 425 g/mol. The summed E-state index contributed by atoms with van der Waals surface area (Å²) in [6.45, 7) is -1.40. The standard InChI is InChI=1S/C18H17F2N3O5S/c1-10(12-4-2-3-5-14(12)28-18(19)20)22-16(24)9-29-15-7-6-11(17(21)25)8-13(15)23(26)27/h2-8,10,18H,9H2,1H3,(H2,21,25)(H,22,24). The van der Waals surface area contributed by atoms with Crippen molar-refractivity contribution in [1.82, 2.24) is 5.32 Å². The van der Waals surface area contributed by atoms with E-state index in [1.807, 2.05) is 0 Å². The Labute approximate surface area is 168 Å². The SMILES string of the molecule is CC(NC(=O)CSc1ccc(C(N)=O)cc1[N+](=O)[O-])c1ccccc1OC(F)F. The molecule has 0 heterocycles. The first-order valence-electron chi connectivity index (χ1n) is 8.23. The summed E-state index contributed by atoms with van der Waals surface area (Å²) < 4.78 is 29.5. The molecule has 0 aromatic heterocycles. The van der Waals surface area contributed by atoms with E-state index >= 15 is 0 Å². The molecule has 2 aromatic rings. The lowest BCUT2D eigenvalue weighted by Crippen LogP contribution is -2.28. The van der Waals surface area contributed by atoms with Crippen LogP contribution in [0, 0.1) is 10.1 Å². The Balaban J connectivity index is 2.05. The normalized spacial score (nSPS) is 11.7. The van der Waals surface area contributed by atoms with E-state index in [1.165, 1.54) is 24.3 Å². The molecule has 3 N–H and O–H groups in total. The molecule has 0 saturated carbocycles. The number of benzene rings is 2. The van der Waals surface area contributed by atoms with Crippen LogP contribution in [0.15, 0.2) is 47.4 Å². The number of nitrogens with two attached hydrogens (primary N) is 1. The number of nitrogens with zero attached hydrogens (tertiary/aromatic N) is 1. The minimum Gasteiger partial charge on any atom is -0.434 e. The minimum atomic E-state index is -3.00. The molecule has 0 fully saturated rings. The molecule has 154 valence electrons. The molecular weight excluding hydrogens is 408 g/mol. The van der Waals surface area contributed by atoms with Crippen LogP contribution in [0.2, 0.25) is 0 Å². The van der Waals surface area contributed by atoms with E-state index < -0.39 is 29.4 Å². The summed E-state index contributed by atoms with van der Waals surface area (Å²) in [5, 5.41) is 13.8. The Hall–Kier alpha value is -3.21. The number of nitro groups is 1. The Morgan fingerprint density at radius 2 is 1.97 bits per heavy atom. The Morgan fingerprint density at radius 3 is 2.59 bits per heavy atom. The quantitative estimate of drug-likeness (QED) is 0.361. The lowest BCUT2D eigenvalue weighted by molar-refractivity contribution is -0.387. The number of primary amides is 1. The maximum atomic E-state index is 12.5. The number of amides is 2. The van der Waals surface area contributed by atoms with E-state index in [1.54, 1.807) is 19.1 Å². The van der Waals surface area contributed by atoms with E-state index in [9.17, 15) is 28.5 Å². The number of hydrogen-bond donors (Lipinski definition) is 2. The zero-order valence-electron chi connectivity index (χ0n) is 15.1. The topological polar surface area (TPSA) is 125 Å². The van der Waals surface area contributed by atoms with Gasteiger partial charge in [-0.1, -0.05) is 18.2 Å². The number of thioether (sulfide) groups is 1. The summed E-state index contributed by atoms with van der Waals surface area (Å²) in [4.78, 5) is 34.1. The molecule has 1 unspecified atom stereocenters. The molecule has 0 aliphatic rings. The van der Waals surface area contributed by atoms with Gasteiger partial charge in [-0.2, -0.15) is 8.78 Å². The van der Waals surface area contributed by atoms with E-state index in [4.69, 9.17) is 5.73 Å². The maximum absolute atomic E-state index is 12.5. The minimum absolute atomic E-state index is 0.0187. The fraction of sp³-hybridized carbons (Fsp3) is 0.222. The van der Waals surface area contributed by atoms with Gasteiger partial charge in [-0.3, -0.25) is 19.7 Å². The van der Waals surface area contributed by atoms with Crippen LogP contribution in [0.5, 0.6) is 5.75 Å². The average Bonchev–Trinajstić information content (AvgIpc) is 2.65.